The van der Waals surface area contributed by atoms with Crippen molar-refractivity contribution < 1.29 is 19.4 Å². The van der Waals surface area contributed by atoms with Crippen LogP contribution in [-0.2, 0) is 6.54 Å². The van der Waals surface area contributed by atoms with Crippen LogP contribution in [-0.4, -0.2) is 32.9 Å². The molecule has 1 amide bonds. The number of ether oxygens (including phenoxy) is 2. The summed E-state index contributed by atoms with van der Waals surface area (Å²) in [6.07, 6.45) is 0.619. The van der Waals surface area contributed by atoms with Gasteiger partial charge in [0.2, 0.25) is 5.82 Å². The number of hydrogen-bond acceptors (Lipinski definition) is 6. The summed E-state index contributed by atoms with van der Waals surface area (Å²) in [6, 6.07) is 23.5. The number of nitrogens with one attached hydrogen (secondary N) is 1. The number of aliphatic hydroxyl groups excluding tert-OH is 1. The van der Waals surface area contributed by atoms with Crippen molar-refractivity contribution in [3.63, 3.8) is 0 Å². The van der Waals surface area contributed by atoms with Crippen LogP contribution in [0.3, 0.4) is 0 Å². The van der Waals surface area contributed by atoms with E-state index in [2.05, 4.69) is 15.4 Å². The Labute approximate surface area is 185 Å². The van der Waals surface area contributed by atoms with E-state index in [-0.39, 0.29) is 12.4 Å². The number of aromatic nitrogens is 3. The molecule has 2 N–H and O–H groups in total. The molecular formula is C24H22N4O4. The molecule has 4 aromatic rings. The summed E-state index contributed by atoms with van der Waals surface area (Å²) in [5.74, 6) is 1.66. The molecule has 3 aromatic carbocycles. The highest BCUT2D eigenvalue weighted by molar-refractivity contribution is 6.01. The second kappa shape index (κ2) is 9.76. The highest BCUT2D eigenvalue weighted by atomic mass is 16.5. The van der Waals surface area contributed by atoms with E-state index in [1.165, 1.54) is 11.0 Å². The van der Waals surface area contributed by atoms with E-state index < -0.39 is 12.0 Å². The molecule has 8 heteroatoms. The van der Waals surface area contributed by atoms with Crippen molar-refractivity contribution in [2.45, 2.75) is 12.6 Å². The third-order valence-electron chi connectivity index (χ3n) is 4.69. The Morgan fingerprint density at radius 1 is 0.969 bits per heavy atom. The quantitative estimate of drug-likeness (QED) is 0.437. The summed E-state index contributed by atoms with van der Waals surface area (Å²) in [4.78, 5) is 16.5. The predicted molar refractivity (Wildman–Crippen MR) is 119 cm³/mol. The highest BCUT2D eigenvalue weighted by Gasteiger charge is 2.15. The molecule has 0 unspecified atom stereocenters. The van der Waals surface area contributed by atoms with Crippen LogP contribution < -0.4 is 14.8 Å². The van der Waals surface area contributed by atoms with Crippen molar-refractivity contribution in [2.24, 2.45) is 0 Å². The van der Waals surface area contributed by atoms with Gasteiger partial charge in [-0.05, 0) is 54.1 Å². The standard InChI is InChI=1S/C24H22N4O4/c1-31-19-11-7-17(8-12-19)22(29)15-28-16-25-23(27-28)24(30)26-18-9-13-21(14-10-18)32-20-5-3-2-4-6-20/h2-14,16,22,29H,15H2,1H3,(H,26,30)/t22-/m1/s1. The number of carbonyl (C=O) groups excluding carboxylic acids is 1. The molecule has 32 heavy (non-hydrogen) atoms. The van der Waals surface area contributed by atoms with Crippen LogP contribution in [0, 0.1) is 0 Å². The summed E-state index contributed by atoms with van der Waals surface area (Å²) in [5.41, 5.74) is 1.30. The van der Waals surface area contributed by atoms with E-state index in [0.29, 0.717) is 22.7 Å². The second-order valence-electron chi connectivity index (χ2n) is 6.97. The number of benzene rings is 3. The predicted octanol–water partition coefficient (Wildman–Crippen LogP) is 4.06. The molecule has 162 valence electrons. The molecular weight excluding hydrogens is 408 g/mol. The minimum absolute atomic E-state index is 0.0107. The molecule has 1 aromatic heterocycles. The SMILES string of the molecule is COc1ccc([C@H](O)Cn2cnc(C(=O)Nc3ccc(Oc4ccccc4)cc3)n2)cc1. The van der Waals surface area contributed by atoms with Crippen molar-refractivity contribution in [3.8, 4) is 17.2 Å². The van der Waals surface area contributed by atoms with E-state index in [4.69, 9.17) is 9.47 Å². The first-order chi connectivity index (χ1) is 15.6. The maximum absolute atomic E-state index is 12.5. The number of amides is 1. The summed E-state index contributed by atoms with van der Waals surface area (Å²) in [5, 5.41) is 17.3. The molecule has 0 saturated carbocycles. The molecule has 4 rings (SSSR count). The number of aliphatic hydroxyl groups is 1. The van der Waals surface area contributed by atoms with Crippen LogP contribution in [0.25, 0.3) is 0 Å². The van der Waals surface area contributed by atoms with Crippen molar-refractivity contribution in [1.82, 2.24) is 14.8 Å². The Balaban J connectivity index is 1.34. The first-order valence-corrected chi connectivity index (χ1v) is 9.96. The van der Waals surface area contributed by atoms with E-state index in [9.17, 15) is 9.90 Å². The molecule has 0 aliphatic heterocycles. The van der Waals surface area contributed by atoms with Gasteiger partial charge in [-0.15, -0.1) is 5.10 Å². The second-order valence-corrected chi connectivity index (χ2v) is 6.97. The largest absolute Gasteiger partial charge is 0.497 e. The van der Waals surface area contributed by atoms with E-state index in [1.54, 1.807) is 55.6 Å². The minimum atomic E-state index is -0.796. The van der Waals surface area contributed by atoms with Crippen LogP contribution in [0.2, 0.25) is 0 Å². The monoisotopic (exact) mass is 430 g/mol. The zero-order valence-corrected chi connectivity index (χ0v) is 17.4. The number of para-hydroxylation sites is 1. The lowest BCUT2D eigenvalue weighted by molar-refractivity contribution is 0.101. The lowest BCUT2D eigenvalue weighted by Gasteiger charge is -2.11. The van der Waals surface area contributed by atoms with Gasteiger partial charge < -0.3 is 19.9 Å². The number of carbonyl (C=O) groups is 1. The maximum atomic E-state index is 12.5. The fourth-order valence-electron chi connectivity index (χ4n) is 3.01. The van der Waals surface area contributed by atoms with Crippen molar-refractivity contribution in [1.29, 1.82) is 0 Å². The van der Waals surface area contributed by atoms with Gasteiger partial charge in [0.25, 0.3) is 5.91 Å². The fraction of sp³-hybridized carbons (Fsp3) is 0.125. The van der Waals surface area contributed by atoms with Gasteiger partial charge in [0.1, 0.15) is 23.6 Å². The highest BCUT2D eigenvalue weighted by Crippen LogP contribution is 2.23. The van der Waals surface area contributed by atoms with E-state index in [0.717, 1.165) is 5.75 Å². The maximum Gasteiger partial charge on any atom is 0.295 e. The lowest BCUT2D eigenvalue weighted by atomic mass is 10.1. The van der Waals surface area contributed by atoms with Crippen LogP contribution in [0.1, 0.15) is 22.3 Å². The Kier molecular flexibility index (Phi) is 6.43. The number of methoxy groups -OCH3 is 1. The molecule has 8 nitrogen and oxygen atoms in total. The Morgan fingerprint density at radius 3 is 2.31 bits per heavy atom. The third kappa shape index (κ3) is 5.30. The van der Waals surface area contributed by atoms with Crippen molar-refractivity contribution >= 4 is 11.6 Å². The molecule has 0 fully saturated rings. The molecule has 1 atom stereocenters. The Morgan fingerprint density at radius 2 is 1.62 bits per heavy atom. The molecule has 1 heterocycles. The topological polar surface area (TPSA) is 98.5 Å². The van der Waals surface area contributed by atoms with Gasteiger partial charge in [0, 0.05) is 5.69 Å². The lowest BCUT2D eigenvalue weighted by Crippen LogP contribution is -2.15. The Bertz CT molecular complexity index is 1160. The van der Waals surface area contributed by atoms with Crippen molar-refractivity contribution in [2.75, 3.05) is 12.4 Å². The van der Waals surface area contributed by atoms with E-state index >= 15 is 0 Å². The average Bonchev–Trinajstić information content (AvgIpc) is 3.30. The van der Waals surface area contributed by atoms with Gasteiger partial charge in [0.15, 0.2) is 0 Å². The third-order valence-corrected chi connectivity index (χ3v) is 4.69. The molecule has 0 radical (unpaired) electrons. The minimum Gasteiger partial charge on any atom is -0.497 e. The number of hydrogen-bond donors (Lipinski definition) is 2. The van der Waals surface area contributed by atoms with Crippen LogP contribution in [0.4, 0.5) is 5.69 Å². The number of rotatable bonds is 8. The van der Waals surface area contributed by atoms with Gasteiger partial charge in [-0.25, -0.2) is 9.67 Å². The van der Waals surface area contributed by atoms with Gasteiger partial charge in [-0.2, -0.15) is 0 Å². The number of nitrogens with zero attached hydrogens (tertiary/aromatic N) is 3. The van der Waals surface area contributed by atoms with Gasteiger partial charge in [0.05, 0.1) is 19.8 Å². The first kappa shape index (κ1) is 21.1. The number of anilines is 1. The first-order valence-electron chi connectivity index (χ1n) is 9.96. The summed E-state index contributed by atoms with van der Waals surface area (Å²) >= 11 is 0. The van der Waals surface area contributed by atoms with Gasteiger partial charge >= 0.3 is 0 Å². The molecule has 0 saturated heterocycles. The fourth-order valence-corrected chi connectivity index (χ4v) is 3.01. The summed E-state index contributed by atoms with van der Waals surface area (Å²) < 4.78 is 12.3. The van der Waals surface area contributed by atoms with Crippen LogP contribution in [0.15, 0.2) is 85.2 Å². The normalized spacial score (nSPS) is 11.6. The zero-order chi connectivity index (χ0) is 22.3. The van der Waals surface area contributed by atoms with Crippen molar-refractivity contribution in [3.05, 3.63) is 96.6 Å². The Hall–Kier alpha value is -4.17. The molecule has 0 aliphatic rings. The summed E-state index contributed by atoms with van der Waals surface area (Å²) in [7, 11) is 1.58. The smallest absolute Gasteiger partial charge is 0.295 e. The van der Waals surface area contributed by atoms with Crippen LogP contribution in [0.5, 0.6) is 17.2 Å². The molecule has 0 spiro atoms. The molecule has 0 aliphatic carbocycles. The zero-order valence-electron chi connectivity index (χ0n) is 17.4. The molecule has 0 bridgehead atoms. The summed E-state index contributed by atoms with van der Waals surface area (Å²) in [6.45, 7) is 0.165. The van der Waals surface area contributed by atoms with Crippen LogP contribution >= 0.6 is 0 Å². The van der Waals surface area contributed by atoms with E-state index in [1.807, 2.05) is 30.3 Å². The van der Waals surface area contributed by atoms with Gasteiger partial charge in [-0.1, -0.05) is 30.3 Å². The van der Waals surface area contributed by atoms with Gasteiger partial charge in [-0.3, -0.25) is 4.79 Å². The average molecular weight is 430 g/mol.